The van der Waals surface area contributed by atoms with Crippen molar-refractivity contribution in [1.29, 1.82) is 0 Å². The molecule has 2 nitrogen and oxygen atoms in total. The van der Waals surface area contributed by atoms with Crippen LogP contribution < -0.4 is 0 Å². The number of thiocarbonyl (C=S) groups is 1. The fourth-order valence-corrected chi connectivity index (χ4v) is 2.56. The van der Waals surface area contributed by atoms with Gasteiger partial charge in [-0.1, -0.05) is 49.8 Å². The molecule has 1 fully saturated rings. The Morgan fingerprint density at radius 2 is 1.78 bits per heavy atom. The maximum absolute atomic E-state index is 5.51. The lowest BCUT2D eigenvalue weighted by atomic mass is 10.1. The fourth-order valence-electron chi connectivity index (χ4n) is 2.21. The van der Waals surface area contributed by atoms with Crippen molar-refractivity contribution < 1.29 is 4.74 Å². The van der Waals surface area contributed by atoms with Gasteiger partial charge in [-0.05, 0) is 17.5 Å². The summed E-state index contributed by atoms with van der Waals surface area (Å²) >= 11 is 5.51. The zero-order valence-corrected chi connectivity index (χ0v) is 11.8. The monoisotopic (exact) mass is 263 g/mol. The van der Waals surface area contributed by atoms with Gasteiger partial charge >= 0.3 is 0 Å². The van der Waals surface area contributed by atoms with Crippen molar-refractivity contribution >= 4 is 17.2 Å². The third-order valence-electron chi connectivity index (χ3n) is 3.28. The first-order valence-corrected chi connectivity index (χ1v) is 7.13. The molecule has 0 amide bonds. The second-order valence-electron chi connectivity index (χ2n) is 4.74. The fraction of sp³-hybridized carbons (Fsp3) is 0.533. The van der Waals surface area contributed by atoms with Crippen LogP contribution in [0.1, 0.15) is 24.5 Å². The maximum Gasteiger partial charge on any atom is 0.0825 e. The van der Waals surface area contributed by atoms with E-state index >= 15 is 0 Å². The Labute approximate surface area is 115 Å². The number of nitrogens with zero attached hydrogens (tertiary/aromatic N) is 1. The molecule has 0 saturated carbocycles. The van der Waals surface area contributed by atoms with E-state index in [1.165, 1.54) is 17.5 Å². The van der Waals surface area contributed by atoms with Crippen LogP contribution in [0.2, 0.25) is 0 Å². The molecule has 0 aromatic heterocycles. The van der Waals surface area contributed by atoms with Gasteiger partial charge in [-0.2, -0.15) is 0 Å². The molecule has 18 heavy (non-hydrogen) atoms. The van der Waals surface area contributed by atoms with Crippen molar-refractivity contribution in [3.8, 4) is 0 Å². The molecule has 3 heteroatoms. The van der Waals surface area contributed by atoms with E-state index in [0.29, 0.717) is 0 Å². The van der Waals surface area contributed by atoms with Gasteiger partial charge in [0, 0.05) is 19.5 Å². The topological polar surface area (TPSA) is 12.5 Å². The van der Waals surface area contributed by atoms with Crippen LogP contribution in [-0.2, 0) is 17.6 Å². The molecular weight excluding hydrogens is 242 g/mol. The van der Waals surface area contributed by atoms with E-state index < -0.39 is 0 Å². The van der Waals surface area contributed by atoms with E-state index in [2.05, 4.69) is 36.1 Å². The lowest BCUT2D eigenvalue weighted by Crippen LogP contribution is -2.40. The molecule has 98 valence electrons. The van der Waals surface area contributed by atoms with E-state index in [1.54, 1.807) is 0 Å². The molecule has 0 spiro atoms. The molecule has 0 N–H and O–H groups in total. The van der Waals surface area contributed by atoms with Crippen molar-refractivity contribution in [3.05, 3.63) is 35.4 Å². The predicted octanol–water partition coefficient (Wildman–Crippen LogP) is 2.84. The van der Waals surface area contributed by atoms with E-state index in [1.807, 2.05) is 0 Å². The van der Waals surface area contributed by atoms with E-state index in [0.717, 1.165) is 44.1 Å². The summed E-state index contributed by atoms with van der Waals surface area (Å²) in [5.41, 5.74) is 2.73. The molecular formula is C15H21NOS. The largest absolute Gasteiger partial charge is 0.378 e. The highest BCUT2D eigenvalue weighted by Gasteiger charge is 2.13. The average molecular weight is 263 g/mol. The maximum atomic E-state index is 5.51. The Bertz CT molecular complexity index is 382. The summed E-state index contributed by atoms with van der Waals surface area (Å²) in [4.78, 5) is 3.31. The second kappa shape index (κ2) is 6.86. The van der Waals surface area contributed by atoms with Gasteiger partial charge in [0.2, 0.25) is 0 Å². The highest BCUT2D eigenvalue weighted by molar-refractivity contribution is 7.80. The lowest BCUT2D eigenvalue weighted by molar-refractivity contribution is 0.0685. The third kappa shape index (κ3) is 3.79. The molecule has 1 aliphatic rings. The first-order chi connectivity index (χ1) is 8.79. The van der Waals surface area contributed by atoms with Gasteiger partial charge in [0.15, 0.2) is 0 Å². The van der Waals surface area contributed by atoms with E-state index in [-0.39, 0.29) is 0 Å². The van der Waals surface area contributed by atoms with Crippen LogP contribution in [-0.4, -0.2) is 36.2 Å². The Kier molecular flexibility index (Phi) is 5.14. The molecule has 1 aliphatic heterocycles. The summed E-state index contributed by atoms with van der Waals surface area (Å²) in [5, 5.41) is 0. The van der Waals surface area contributed by atoms with Crippen LogP contribution in [0.3, 0.4) is 0 Å². The number of hydrogen-bond donors (Lipinski definition) is 0. The van der Waals surface area contributed by atoms with Crippen LogP contribution >= 0.6 is 12.2 Å². The summed E-state index contributed by atoms with van der Waals surface area (Å²) in [7, 11) is 0. The zero-order chi connectivity index (χ0) is 12.8. The number of benzene rings is 1. The van der Waals surface area contributed by atoms with Crippen LogP contribution in [0, 0.1) is 0 Å². The Morgan fingerprint density at radius 3 is 2.39 bits per heavy atom. The lowest BCUT2D eigenvalue weighted by Gasteiger charge is -2.29. The van der Waals surface area contributed by atoms with Gasteiger partial charge in [-0.3, -0.25) is 0 Å². The van der Waals surface area contributed by atoms with Crippen LogP contribution in [0.25, 0.3) is 0 Å². The average Bonchev–Trinajstić information content (AvgIpc) is 2.42. The second-order valence-corrected chi connectivity index (χ2v) is 5.21. The van der Waals surface area contributed by atoms with Crippen molar-refractivity contribution in [3.63, 3.8) is 0 Å². The number of morpholine rings is 1. The van der Waals surface area contributed by atoms with Gasteiger partial charge in [0.1, 0.15) is 0 Å². The summed E-state index contributed by atoms with van der Waals surface area (Å²) in [6.45, 7) is 5.69. The van der Waals surface area contributed by atoms with Crippen molar-refractivity contribution in [2.45, 2.75) is 26.2 Å². The van der Waals surface area contributed by atoms with Crippen LogP contribution in [0.4, 0.5) is 0 Å². The van der Waals surface area contributed by atoms with Gasteiger partial charge in [-0.15, -0.1) is 0 Å². The highest BCUT2D eigenvalue weighted by atomic mass is 32.1. The first-order valence-electron chi connectivity index (χ1n) is 6.73. The Morgan fingerprint density at radius 1 is 1.17 bits per heavy atom. The minimum atomic E-state index is 0.801. The molecule has 1 saturated heterocycles. The number of ether oxygens (including phenoxy) is 1. The molecule has 0 radical (unpaired) electrons. The van der Waals surface area contributed by atoms with E-state index in [9.17, 15) is 0 Å². The highest BCUT2D eigenvalue weighted by Crippen LogP contribution is 2.10. The SMILES string of the molecule is CCCc1ccc(CC(=S)N2CCOCC2)cc1. The summed E-state index contributed by atoms with van der Waals surface area (Å²) in [6, 6.07) is 8.86. The quantitative estimate of drug-likeness (QED) is 0.775. The molecule has 1 aromatic carbocycles. The van der Waals surface area contributed by atoms with Crippen molar-refractivity contribution in [2.24, 2.45) is 0 Å². The first kappa shape index (κ1) is 13.5. The predicted molar refractivity (Wildman–Crippen MR) is 79.1 cm³/mol. The molecule has 0 atom stereocenters. The third-order valence-corrected chi connectivity index (χ3v) is 3.68. The van der Waals surface area contributed by atoms with Crippen LogP contribution in [0.5, 0.6) is 0 Å². The van der Waals surface area contributed by atoms with Gasteiger partial charge in [-0.25, -0.2) is 0 Å². The summed E-state index contributed by atoms with van der Waals surface area (Å²) in [6.07, 6.45) is 3.24. The van der Waals surface area contributed by atoms with Gasteiger partial charge in [0.05, 0.1) is 18.2 Å². The van der Waals surface area contributed by atoms with Gasteiger partial charge in [0.25, 0.3) is 0 Å². The molecule has 0 unspecified atom stereocenters. The minimum absolute atomic E-state index is 0.801. The Balaban J connectivity index is 1.89. The Hall–Kier alpha value is -0.930. The smallest absolute Gasteiger partial charge is 0.0825 e. The van der Waals surface area contributed by atoms with Gasteiger partial charge < -0.3 is 9.64 Å². The molecule has 1 aromatic rings. The van der Waals surface area contributed by atoms with E-state index in [4.69, 9.17) is 17.0 Å². The zero-order valence-electron chi connectivity index (χ0n) is 11.0. The van der Waals surface area contributed by atoms with Crippen molar-refractivity contribution in [2.75, 3.05) is 26.3 Å². The summed E-state index contributed by atoms with van der Waals surface area (Å²) in [5.74, 6) is 0. The summed E-state index contributed by atoms with van der Waals surface area (Å²) < 4.78 is 5.34. The number of aryl methyl sites for hydroxylation is 1. The van der Waals surface area contributed by atoms with Crippen molar-refractivity contribution in [1.82, 2.24) is 4.90 Å². The minimum Gasteiger partial charge on any atom is -0.378 e. The molecule has 2 rings (SSSR count). The number of hydrogen-bond acceptors (Lipinski definition) is 2. The number of rotatable bonds is 4. The van der Waals surface area contributed by atoms with Crippen LogP contribution in [0.15, 0.2) is 24.3 Å². The normalized spacial score (nSPS) is 15.7. The standard InChI is InChI=1S/C15H21NOS/c1-2-3-13-4-6-14(7-5-13)12-15(18)16-8-10-17-11-9-16/h4-7H,2-3,8-12H2,1H3. The molecule has 0 bridgehead atoms. The molecule has 0 aliphatic carbocycles. The molecule has 1 heterocycles.